The van der Waals surface area contributed by atoms with Crippen LogP contribution in [0.15, 0.2) is 18.2 Å². The van der Waals surface area contributed by atoms with Crippen LogP contribution in [-0.4, -0.2) is 61.1 Å². The summed E-state index contributed by atoms with van der Waals surface area (Å²) in [6.07, 6.45) is 6.82. The van der Waals surface area contributed by atoms with Gasteiger partial charge < -0.3 is 20.7 Å². The van der Waals surface area contributed by atoms with Gasteiger partial charge >= 0.3 is 0 Å². The summed E-state index contributed by atoms with van der Waals surface area (Å²) in [5.41, 5.74) is 6.57. The number of hydrogen-bond acceptors (Lipinski definition) is 5. The summed E-state index contributed by atoms with van der Waals surface area (Å²) in [4.78, 5) is 28.6. The number of amides is 2. The maximum absolute atomic E-state index is 14.7. The fourth-order valence-electron chi connectivity index (χ4n) is 4.34. The third-order valence-electron chi connectivity index (χ3n) is 6.37. The lowest BCUT2D eigenvalue weighted by Crippen LogP contribution is -2.60. The third-order valence-corrected chi connectivity index (χ3v) is 6.37. The van der Waals surface area contributed by atoms with Crippen LogP contribution in [0, 0.1) is 5.82 Å². The van der Waals surface area contributed by atoms with Crippen molar-refractivity contribution in [1.29, 1.82) is 0 Å². The van der Waals surface area contributed by atoms with Gasteiger partial charge in [0, 0.05) is 30.9 Å². The number of halogens is 1. The molecule has 1 aromatic rings. The summed E-state index contributed by atoms with van der Waals surface area (Å²) in [6.45, 7) is 0.879. The molecule has 2 aliphatic carbocycles. The van der Waals surface area contributed by atoms with Gasteiger partial charge in [-0.1, -0.05) is 12.8 Å². The second kappa shape index (κ2) is 8.77. The van der Waals surface area contributed by atoms with Crippen molar-refractivity contribution < 1.29 is 18.7 Å². The molecule has 1 aromatic carbocycles. The minimum Gasteiger partial charge on any atom is -0.370 e. The number of hydrogen-bond donors (Lipinski definition) is 2. The van der Waals surface area contributed by atoms with Crippen LogP contribution in [0.1, 0.15) is 38.5 Å². The van der Waals surface area contributed by atoms with Crippen LogP contribution < -0.4 is 16.0 Å². The standard InChI is InChI=1S/C21H29FN4O3/c22-17-11-14(7-8-18(17)25-9-10-29-13-20(25)27)24-21(28)19(12-23)26(15-3-1-4-15)16-5-2-6-16/h7-8,11,15-16,19H,1-6,9-10,12-13,23H2,(H,24,28)/t19-/m0/s1. The number of morpholine rings is 1. The molecular formula is C21H29FN4O3. The maximum Gasteiger partial charge on any atom is 0.253 e. The molecule has 8 heteroatoms. The number of benzene rings is 1. The minimum atomic E-state index is -0.544. The predicted octanol–water partition coefficient (Wildman–Crippen LogP) is 1.86. The zero-order chi connectivity index (χ0) is 20.4. The van der Waals surface area contributed by atoms with Gasteiger partial charge in [-0.15, -0.1) is 0 Å². The van der Waals surface area contributed by atoms with Crippen molar-refractivity contribution in [3.05, 3.63) is 24.0 Å². The van der Waals surface area contributed by atoms with E-state index in [1.807, 2.05) is 0 Å². The second-order valence-corrected chi connectivity index (χ2v) is 8.12. The summed E-state index contributed by atoms with van der Waals surface area (Å²) in [7, 11) is 0. The van der Waals surface area contributed by atoms with E-state index >= 15 is 0 Å². The van der Waals surface area contributed by atoms with Gasteiger partial charge in [-0.05, 0) is 43.9 Å². The van der Waals surface area contributed by atoms with Crippen molar-refractivity contribution in [2.24, 2.45) is 5.73 Å². The molecule has 1 aliphatic heterocycles. The van der Waals surface area contributed by atoms with Gasteiger partial charge in [0.1, 0.15) is 18.5 Å². The van der Waals surface area contributed by atoms with Crippen molar-refractivity contribution in [3.8, 4) is 0 Å². The lowest BCUT2D eigenvalue weighted by atomic mass is 9.83. The number of nitrogens with one attached hydrogen (secondary N) is 1. The Kier molecular flexibility index (Phi) is 6.12. The van der Waals surface area contributed by atoms with Gasteiger partial charge in [-0.25, -0.2) is 4.39 Å². The van der Waals surface area contributed by atoms with Crippen LogP contribution in [-0.2, 0) is 14.3 Å². The van der Waals surface area contributed by atoms with Crippen molar-refractivity contribution in [1.82, 2.24) is 4.90 Å². The average Bonchev–Trinajstić information content (AvgIpc) is 2.60. The van der Waals surface area contributed by atoms with Crippen molar-refractivity contribution in [3.63, 3.8) is 0 Å². The molecule has 4 rings (SSSR count). The average molecular weight is 404 g/mol. The van der Waals surface area contributed by atoms with Crippen LogP contribution in [0.3, 0.4) is 0 Å². The number of nitrogens with zero attached hydrogens (tertiary/aromatic N) is 2. The van der Waals surface area contributed by atoms with Crippen LogP contribution in [0.2, 0.25) is 0 Å². The van der Waals surface area contributed by atoms with E-state index < -0.39 is 11.9 Å². The minimum absolute atomic E-state index is 0.0473. The number of carbonyl (C=O) groups is 2. The Labute approximate surface area is 170 Å². The van der Waals surface area contributed by atoms with Crippen molar-refractivity contribution in [2.45, 2.75) is 56.7 Å². The quantitative estimate of drug-likeness (QED) is 0.724. The maximum atomic E-state index is 14.7. The van der Waals surface area contributed by atoms with Crippen LogP contribution >= 0.6 is 0 Å². The van der Waals surface area contributed by atoms with Gasteiger partial charge in [0.2, 0.25) is 5.91 Å². The van der Waals surface area contributed by atoms with Crippen LogP contribution in [0.4, 0.5) is 15.8 Å². The molecule has 3 aliphatic rings. The fourth-order valence-corrected chi connectivity index (χ4v) is 4.34. The molecule has 1 saturated heterocycles. The fraction of sp³-hybridized carbons (Fsp3) is 0.619. The van der Waals surface area contributed by atoms with Gasteiger partial charge in [-0.2, -0.15) is 0 Å². The van der Waals surface area contributed by atoms with E-state index in [0.717, 1.165) is 25.7 Å². The smallest absolute Gasteiger partial charge is 0.253 e. The Hall–Kier alpha value is -2.03. The summed E-state index contributed by atoms with van der Waals surface area (Å²) in [6, 6.07) is 4.86. The molecule has 158 valence electrons. The monoisotopic (exact) mass is 404 g/mol. The molecule has 0 radical (unpaired) electrons. The van der Waals surface area contributed by atoms with Gasteiger partial charge in [0.05, 0.1) is 12.3 Å². The Morgan fingerprint density at radius 1 is 1.28 bits per heavy atom. The summed E-state index contributed by atoms with van der Waals surface area (Å²) < 4.78 is 19.8. The first-order chi connectivity index (χ1) is 14.1. The number of rotatable bonds is 7. The topological polar surface area (TPSA) is 87.9 Å². The number of anilines is 2. The van der Waals surface area contributed by atoms with Crippen molar-refractivity contribution >= 4 is 23.2 Å². The van der Waals surface area contributed by atoms with E-state index in [9.17, 15) is 14.0 Å². The zero-order valence-electron chi connectivity index (χ0n) is 16.6. The van der Waals surface area contributed by atoms with E-state index in [1.54, 1.807) is 6.07 Å². The molecule has 2 saturated carbocycles. The Balaban J connectivity index is 1.46. The molecule has 0 unspecified atom stereocenters. The van der Waals surface area contributed by atoms with E-state index in [4.69, 9.17) is 10.5 Å². The number of nitrogens with two attached hydrogens (primary N) is 1. The van der Waals surface area contributed by atoms with Gasteiger partial charge in [0.25, 0.3) is 5.91 Å². The molecule has 0 aromatic heterocycles. The number of carbonyl (C=O) groups excluding carboxylic acids is 2. The molecule has 0 spiro atoms. The summed E-state index contributed by atoms with van der Waals surface area (Å²) in [5.74, 6) is -1.01. The molecule has 3 N–H and O–H groups in total. The highest BCUT2D eigenvalue weighted by Gasteiger charge is 2.40. The molecule has 1 atom stereocenters. The molecule has 3 fully saturated rings. The van der Waals surface area contributed by atoms with E-state index in [0.29, 0.717) is 30.9 Å². The lowest BCUT2D eigenvalue weighted by molar-refractivity contribution is -0.126. The third kappa shape index (κ3) is 4.15. The molecule has 1 heterocycles. The Morgan fingerprint density at radius 3 is 2.48 bits per heavy atom. The highest BCUT2D eigenvalue weighted by molar-refractivity contribution is 5.97. The highest BCUT2D eigenvalue weighted by atomic mass is 19.1. The molecule has 7 nitrogen and oxygen atoms in total. The molecule has 0 bridgehead atoms. The van der Waals surface area contributed by atoms with Gasteiger partial charge in [-0.3, -0.25) is 14.5 Å². The first-order valence-electron chi connectivity index (χ1n) is 10.5. The normalized spacial score (nSPS) is 21.6. The first kappa shape index (κ1) is 20.3. The summed E-state index contributed by atoms with van der Waals surface area (Å²) >= 11 is 0. The largest absolute Gasteiger partial charge is 0.370 e. The Bertz CT molecular complexity index is 752. The SMILES string of the molecule is NC[C@@H](C(=O)Nc1ccc(N2CCOCC2=O)c(F)c1)N(C1CCC1)C1CCC1. The van der Waals surface area contributed by atoms with E-state index in [1.165, 1.54) is 29.9 Å². The zero-order valence-corrected chi connectivity index (χ0v) is 16.6. The van der Waals surface area contributed by atoms with Crippen LogP contribution in [0.25, 0.3) is 0 Å². The summed E-state index contributed by atoms with van der Waals surface area (Å²) in [5, 5.41) is 2.83. The molecule has 2 amide bonds. The van der Waals surface area contributed by atoms with Gasteiger partial charge in [0.15, 0.2) is 0 Å². The molecular weight excluding hydrogens is 375 g/mol. The second-order valence-electron chi connectivity index (χ2n) is 8.12. The molecule has 29 heavy (non-hydrogen) atoms. The Morgan fingerprint density at radius 2 is 1.97 bits per heavy atom. The van der Waals surface area contributed by atoms with E-state index in [-0.39, 0.29) is 30.7 Å². The predicted molar refractivity (Wildman–Crippen MR) is 108 cm³/mol. The van der Waals surface area contributed by atoms with Crippen molar-refractivity contribution in [2.75, 3.05) is 36.5 Å². The van der Waals surface area contributed by atoms with E-state index in [2.05, 4.69) is 10.2 Å². The highest BCUT2D eigenvalue weighted by Crippen LogP contribution is 2.35. The lowest BCUT2D eigenvalue weighted by Gasteiger charge is -2.49. The first-order valence-corrected chi connectivity index (χ1v) is 10.5. The number of ether oxygens (including phenoxy) is 1. The van der Waals surface area contributed by atoms with Crippen LogP contribution in [0.5, 0.6) is 0 Å².